The van der Waals surface area contributed by atoms with Crippen LogP contribution in [-0.4, -0.2) is 115 Å². The predicted molar refractivity (Wildman–Crippen MR) is 260 cm³/mol. The maximum absolute atomic E-state index is 14.4. The molecule has 9 rings (SSSR count). The Hall–Kier alpha value is -8.33. The lowest BCUT2D eigenvalue weighted by atomic mass is 9.96. The van der Waals surface area contributed by atoms with Crippen LogP contribution in [0.3, 0.4) is 0 Å². The third kappa shape index (κ3) is 12.5. The molecule has 19 nitrogen and oxygen atoms in total. The van der Waals surface area contributed by atoms with Crippen LogP contribution in [0.25, 0.3) is 0 Å². The van der Waals surface area contributed by atoms with Crippen LogP contribution in [0, 0.1) is 10.1 Å². The zero-order valence-corrected chi connectivity index (χ0v) is 40.2. The predicted octanol–water partition coefficient (Wildman–Crippen LogP) is 7.72. The molecular formula is C56H49NO18. The van der Waals surface area contributed by atoms with Gasteiger partial charge >= 0.3 is 29.8 Å². The molecule has 0 amide bonds. The Morgan fingerprint density at radius 1 is 0.467 bits per heavy atom. The quantitative estimate of drug-likeness (QED) is 0.0368. The Kier molecular flexibility index (Phi) is 16.0. The van der Waals surface area contributed by atoms with E-state index in [-0.39, 0.29) is 39.3 Å². The van der Waals surface area contributed by atoms with Crippen molar-refractivity contribution < 1.29 is 81.0 Å². The van der Waals surface area contributed by atoms with Gasteiger partial charge in [-0.2, -0.15) is 0 Å². The second-order valence-electron chi connectivity index (χ2n) is 17.8. The maximum atomic E-state index is 14.4. The van der Waals surface area contributed by atoms with Crippen molar-refractivity contribution >= 4 is 35.5 Å². The highest BCUT2D eigenvalue weighted by Crippen LogP contribution is 2.42. The number of carbonyl (C=O) groups is 5. The molecule has 3 aliphatic heterocycles. The molecule has 3 heterocycles. The summed E-state index contributed by atoms with van der Waals surface area (Å²) >= 11 is 0. The lowest BCUT2D eigenvalue weighted by Gasteiger charge is -2.47. The van der Waals surface area contributed by atoms with Crippen LogP contribution in [0.15, 0.2) is 176 Å². The third-order valence-electron chi connectivity index (χ3n) is 12.1. The average Bonchev–Trinajstić information content (AvgIpc) is 3.78. The Balaban J connectivity index is 1.16. The Morgan fingerprint density at radius 2 is 0.853 bits per heavy atom. The first-order valence-electron chi connectivity index (χ1n) is 23.8. The van der Waals surface area contributed by atoms with Crippen LogP contribution in [0.1, 0.15) is 65.6 Å². The molecule has 3 aliphatic rings. The van der Waals surface area contributed by atoms with Gasteiger partial charge in [-0.05, 0) is 86.6 Å². The Morgan fingerprint density at radius 3 is 1.31 bits per heavy atom. The summed E-state index contributed by atoms with van der Waals surface area (Å²) in [6, 6.07) is 44.9. The van der Waals surface area contributed by atoms with Gasteiger partial charge in [0.2, 0.25) is 12.4 Å². The first kappa shape index (κ1) is 51.6. The van der Waals surface area contributed by atoms with Crippen LogP contribution < -0.4 is 4.74 Å². The van der Waals surface area contributed by atoms with Gasteiger partial charge in [-0.3, -0.25) is 10.1 Å². The van der Waals surface area contributed by atoms with Crippen molar-refractivity contribution in [2.75, 3.05) is 13.2 Å². The standard InChI is InChI=1S/C56H49NO18/c1-56(2)74-44-42(33-66-50(59)35-20-10-4-11-21-35)69-55(48(46(44)75-56)72-53(62)38-26-16-7-17-27-38)73-43-41(32-65-49(58)34-18-8-3-9-19-34)68-54(67-40-30-28-39(29-31-40)57(63)64)47(71-52(61)37-24-14-6-15-25-37)45(43)70-51(60)36-22-12-5-13-23-36/h3-31,41-48,54-55H,32-33H2,1-2H3/t41-,42-,43-,44+,45+,46+,47-,48-,54-,55+/m1/s1. The number of benzene rings is 6. The molecule has 19 heteroatoms. The molecule has 0 aromatic heterocycles. The number of non-ortho nitro benzene ring substituents is 1. The molecule has 3 fully saturated rings. The van der Waals surface area contributed by atoms with E-state index in [0.717, 1.165) is 0 Å². The number of nitro benzene ring substituents is 1. The van der Waals surface area contributed by atoms with Gasteiger partial charge in [0.15, 0.2) is 24.3 Å². The van der Waals surface area contributed by atoms with E-state index in [9.17, 15) is 34.1 Å². The molecule has 6 aromatic rings. The molecule has 0 aliphatic carbocycles. The summed E-state index contributed by atoms with van der Waals surface area (Å²) in [6.45, 7) is 2.16. The van der Waals surface area contributed by atoms with Gasteiger partial charge in [-0.1, -0.05) is 91.0 Å². The summed E-state index contributed by atoms with van der Waals surface area (Å²) in [6.07, 6.45) is -15.3. The molecule has 0 radical (unpaired) electrons. The molecule has 0 unspecified atom stereocenters. The van der Waals surface area contributed by atoms with Gasteiger partial charge in [0.1, 0.15) is 49.5 Å². The van der Waals surface area contributed by atoms with Gasteiger partial charge in [0.05, 0.1) is 32.7 Å². The molecule has 0 spiro atoms. The fourth-order valence-electron chi connectivity index (χ4n) is 8.60. The van der Waals surface area contributed by atoms with Crippen molar-refractivity contribution in [1.29, 1.82) is 0 Å². The van der Waals surface area contributed by atoms with E-state index in [4.69, 9.17) is 52.1 Å². The molecule has 75 heavy (non-hydrogen) atoms. The Labute approximate surface area is 429 Å². The topological polar surface area (TPSA) is 230 Å². The summed E-state index contributed by atoms with van der Waals surface area (Å²) in [7, 11) is 0. The number of fused-ring (bicyclic) bond motifs is 1. The molecule has 6 aromatic carbocycles. The smallest absolute Gasteiger partial charge is 0.338 e. The van der Waals surface area contributed by atoms with Crippen molar-refractivity contribution in [2.24, 2.45) is 0 Å². The van der Waals surface area contributed by atoms with Gasteiger partial charge < -0.3 is 52.1 Å². The van der Waals surface area contributed by atoms with E-state index in [1.54, 1.807) is 117 Å². The molecular weight excluding hydrogens is 975 g/mol. The highest BCUT2D eigenvalue weighted by molar-refractivity contribution is 5.91. The molecule has 0 N–H and O–H groups in total. The number of carbonyl (C=O) groups excluding carboxylic acids is 5. The second-order valence-corrected chi connectivity index (χ2v) is 17.8. The van der Waals surface area contributed by atoms with Crippen LogP contribution in [-0.2, 0) is 47.4 Å². The van der Waals surface area contributed by atoms with Crippen molar-refractivity contribution in [3.63, 3.8) is 0 Å². The van der Waals surface area contributed by atoms with E-state index in [0.29, 0.717) is 0 Å². The van der Waals surface area contributed by atoms with E-state index < -0.39 is 115 Å². The summed E-state index contributed by atoms with van der Waals surface area (Å²) in [5.74, 6) is -5.54. The molecule has 3 saturated heterocycles. The summed E-state index contributed by atoms with van der Waals surface area (Å²) in [5, 5.41) is 11.6. The van der Waals surface area contributed by atoms with Gasteiger partial charge in [0, 0.05) is 12.1 Å². The minimum absolute atomic E-state index is 0.0117. The molecule has 0 saturated carbocycles. The highest BCUT2D eigenvalue weighted by Gasteiger charge is 2.60. The minimum atomic E-state index is -1.79. The van der Waals surface area contributed by atoms with Crippen LogP contribution >= 0.6 is 0 Å². The van der Waals surface area contributed by atoms with Crippen molar-refractivity contribution in [2.45, 2.75) is 81.0 Å². The number of nitrogens with zero attached hydrogens (tertiary/aromatic N) is 1. The number of nitro groups is 1. The van der Waals surface area contributed by atoms with E-state index in [1.165, 1.54) is 72.8 Å². The number of esters is 5. The monoisotopic (exact) mass is 1020 g/mol. The second kappa shape index (κ2) is 23.3. The average molecular weight is 1020 g/mol. The normalized spacial score (nSPS) is 24.6. The molecule has 386 valence electrons. The SMILES string of the molecule is CC1(C)O[C@H]2[C@@H](O1)[C@@H](COC(=O)c1ccccc1)O[C@@H](O[C@H]1[C@H](OC(=O)c3ccccc3)[C@@H](OC(=O)c3ccccc3)[C@H](Oc3ccc([N+](=O)[O-])cc3)O[C@@H]1COC(=O)c1ccccc1)[C@@H]2OC(=O)c1ccccc1. The number of hydrogen-bond acceptors (Lipinski definition) is 18. The first-order valence-corrected chi connectivity index (χ1v) is 23.8. The van der Waals surface area contributed by atoms with Gasteiger partial charge in [-0.25, -0.2) is 24.0 Å². The zero-order chi connectivity index (χ0) is 52.5. The van der Waals surface area contributed by atoms with Crippen LogP contribution in [0.2, 0.25) is 0 Å². The minimum Gasteiger partial charge on any atom is -0.461 e. The lowest BCUT2D eigenvalue weighted by molar-refractivity contribution is -0.384. The molecule has 0 bridgehead atoms. The fraction of sp³-hybridized carbons (Fsp3) is 0.268. The van der Waals surface area contributed by atoms with Gasteiger partial charge in [-0.15, -0.1) is 0 Å². The number of rotatable bonds is 17. The first-order chi connectivity index (χ1) is 36.3. The lowest BCUT2D eigenvalue weighted by Crippen LogP contribution is -2.66. The van der Waals surface area contributed by atoms with Crippen LogP contribution in [0.5, 0.6) is 5.75 Å². The van der Waals surface area contributed by atoms with Crippen molar-refractivity contribution in [3.05, 3.63) is 214 Å². The highest BCUT2D eigenvalue weighted by atomic mass is 16.8. The van der Waals surface area contributed by atoms with E-state index in [2.05, 4.69) is 0 Å². The number of hydrogen-bond donors (Lipinski definition) is 0. The van der Waals surface area contributed by atoms with E-state index in [1.807, 2.05) is 0 Å². The summed E-state index contributed by atoms with van der Waals surface area (Å²) in [4.78, 5) is 80.9. The zero-order valence-electron chi connectivity index (χ0n) is 40.2. The summed E-state index contributed by atoms with van der Waals surface area (Å²) < 4.78 is 69.9. The van der Waals surface area contributed by atoms with E-state index >= 15 is 0 Å². The Bertz CT molecular complexity index is 2930. The van der Waals surface area contributed by atoms with Crippen molar-refractivity contribution in [3.8, 4) is 5.75 Å². The maximum Gasteiger partial charge on any atom is 0.338 e. The number of ether oxygens (including phenoxy) is 11. The van der Waals surface area contributed by atoms with Gasteiger partial charge in [0.25, 0.3) is 5.69 Å². The largest absolute Gasteiger partial charge is 0.461 e. The summed E-state index contributed by atoms with van der Waals surface area (Å²) in [5.41, 5.74) is 0.409. The van der Waals surface area contributed by atoms with Crippen LogP contribution in [0.4, 0.5) is 5.69 Å². The molecule has 10 atom stereocenters. The fourth-order valence-corrected chi connectivity index (χ4v) is 8.60. The van der Waals surface area contributed by atoms with Crippen molar-refractivity contribution in [1.82, 2.24) is 0 Å². The third-order valence-corrected chi connectivity index (χ3v) is 12.1.